The summed E-state index contributed by atoms with van der Waals surface area (Å²) in [5, 5.41) is 35.7. The molecule has 0 aromatic heterocycles. The molecule has 38 heavy (non-hydrogen) atoms. The fourth-order valence-corrected chi connectivity index (χ4v) is 9.53. The first-order valence-electron chi connectivity index (χ1n) is 14.4. The maximum atomic E-state index is 14.0. The minimum atomic E-state index is -1.61. The molecule has 0 radical (unpaired) electrons. The Morgan fingerprint density at radius 1 is 1.03 bits per heavy atom. The molecule has 212 valence electrons. The number of amides is 1. The van der Waals surface area contributed by atoms with Crippen molar-refractivity contribution in [1.82, 2.24) is 0 Å². The van der Waals surface area contributed by atoms with Crippen molar-refractivity contribution in [3.63, 3.8) is 0 Å². The summed E-state index contributed by atoms with van der Waals surface area (Å²) in [4.78, 5) is 12.5. The van der Waals surface area contributed by atoms with Gasteiger partial charge in [-0.05, 0) is 110 Å². The highest BCUT2D eigenvalue weighted by atomic mass is 19.2. The van der Waals surface area contributed by atoms with E-state index in [4.69, 9.17) is 0 Å². The number of rotatable bonds is 5. The molecule has 0 saturated heterocycles. The van der Waals surface area contributed by atoms with E-state index in [0.717, 1.165) is 44.2 Å². The number of halogens is 3. The van der Waals surface area contributed by atoms with Crippen LogP contribution in [0.2, 0.25) is 0 Å². The largest absolute Gasteiger partial charge is 0.393 e. The van der Waals surface area contributed by atoms with Gasteiger partial charge in [0.1, 0.15) is 0 Å². The lowest BCUT2D eigenvalue weighted by Crippen LogP contribution is -2.62. The standard InChI is InChI=1S/C30H42F3NO4/c1-15(4-9-25(38)34-22-8-7-21(31)27(32)28(22)33)18-5-6-19-26-20(14-24(37)30(18,19)3)29(2)11-10-17(35)12-16(29)13-23(26)36/h7-8,15-20,23-24,26,35-37H,4-6,9-14H2,1-3H3,(H,34,38)/t15-,16+,17-,18-,19+,20+,23-,24+,26+,29+,30-/m1/s1. The number of carbonyl (C=O) groups excluding carboxylic acids is 1. The zero-order valence-electron chi connectivity index (χ0n) is 22.6. The third-order valence-corrected chi connectivity index (χ3v) is 11.7. The Balaban J connectivity index is 1.27. The Hall–Kier alpha value is -1.64. The third-order valence-electron chi connectivity index (χ3n) is 11.7. The van der Waals surface area contributed by atoms with Crippen molar-refractivity contribution in [2.24, 2.45) is 46.3 Å². The summed E-state index contributed by atoms with van der Waals surface area (Å²) < 4.78 is 40.7. The number of anilines is 1. The SMILES string of the molecule is C[C@H](CCC(=O)Nc1ccc(F)c(F)c1F)[C@H]1CC[C@H]2[C@@H]3[C@H](O)C[C@@H]4C[C@H](O)CC[C@]4(C)[C@H]3C[C@H](O)[C@]12C. The van der Waals surface area contributed by atoms with Gasteiger partial charge in [-0.2, -0.15) is 0 Å². The average Bonchev–Trinajstić information content (AvgIpc) is 3.23. The highest BCUT2D eigenvalue weighted by Crippen LogP contribution is 2.68. The van der Waals surface area contributed by atoms with E-state index in [9.17, 15) is 33.3 Å². The molecule has 0 unspecified atom stereocenters. The number of carbonyl (C=O) groups is 1. The van der Waals surface area contributed by atoms with E-state index in [0.29, 0.717) is 19.3 Å². The fourth-order valence-electron chi connectivity index (χ4n) is 9.53. The van der Waals surface area contributed by atoms with E-state index in [1.165, 1.54) is 0 Å². The van der Waals surface area contributed by atoms with Gasteiger partial charge < -0.3 is 20.6 Å². The number of fused-ring (bicyclic) bond motifs is 5. The van der Waals surface area contributed by atoms with E-state index in [2.05, 4.69) is 26.1 Å². The quantitative estimate of drug-likeness (QED) is 0.378. The second kappa shape index (κ2) is 10.1. The van der Waals surface area contributed by atoms with Crippen LogP contribution in [0.25, 0.3) is 0 Å². The lowest BCUT2D eigenvalue weighted by molar-refractivity contribution is -0.207. The molecule has 4 aliphatic rings. The molecule has 5 nitrogen and oxygen atoms in total. The second-order valence-corrected chi connectivity index (χ2v) is 13.3. The Morgan fingerprint density at radius 2 is 1.76 bits per heavy atom. The molecule has 4 fully saturated rings. The van der Waals surface area contributed by atoms with Crippen molar-refractivity contribution in [3.8, 4) is 0 Å². The minimum Gasteiger partial charge on any atom is -0.393 e. The third kappa shape index (κ3) is 4.39. The molecule has 8 heteroatoms. The topological polar surface area (TPSA) is 89.8 Å². The van der Waals surface area contributed by atoms with Crippen LogP contribution in [0, 0.1) is 63.8 Å². The van der Waals surface area contributed by atoms with Gasteiger partial charge in [0.2, 0.25) is 5.91 Å². The van der Waals surface area contributed by atoms with Crippen molar-refractivity contribution in [1.29, 1.82) is 0 Å². The Bertz CT molecular complexity index is 1070. The Labute approximate surface area is 223 Å². The van der Waals surface area contributed by atoms with E-state index < -0.39 is 35.6 Å². The van der Waals surface area contributed by atoms with Crippen LogP contribution >= 0.6 is 0 Å². The number of aliphatic hydroxyl groups excluding tert-OH is 3. The fraction of sp³-hybridized carbons (Fsp3) is 0.767. The maximum absolute atomic E-state index is 14.0. The van der Waals surface area contributed by atoms with Gasteiger partial charge in [-0.15, -0.1) is 0 Å². The Kier molecular flexibility index (Phi) is 7.40. The molecule has 0 heterocycles. The predicted octanol–water partition coefficient (Wildman–Crippen LogP) is 5.42. The molecule has 0 bridgehead atoms. The van der Waals surface area contributed by atoms with Crippen LogP contribution < -0.4 is 5.32 Å². The van der Waals surface area contributed by atoms with Crippen LogP contribution in [0.5, 0.6) is 0 Å². The van der Waals surface area contributed by atoms with Gasteiger partial charge in [0, 0.05) is 6.42 Å². The molecular formula is C30H42F3NO4. The average molecular weight is 538 g/mol. The zero-order chi connectivity index (χ0) is 27.6. The first-order chi connectivity index (χ1) is 17.9. The normalized spacial score (nSPS) is 43.1. The van der Waals surface area contributed by atoms with Crippen LogP contribution in [-0.2, 0) is 4.79 Å². The monoisotopic (exact) mass is 537 g/mol. The molecular weight excluding hydrogens is 495 g/mol. The van der Waals surface area contributed by atoms with Gasteiger partial charge in [-0.1, -0.05) is 20.8 Å². The lowest BCUT2D eigenvalue weighted by atomic mass is 9.43. The van der Waals surface area contributed by atoms with Gasteiger partial charge in [0.15, 0.2) is 17.5 Å². The van der Waals surface area contributed by atoms with Crippen molar-refractivity contribution in [2.75, 3.05) is 5.32 Å². The van der Waals surface area contributed by atoms with Crippen LogP contribution in [0.3, 0.4) is 0 Å². The van der Waals surface area contributed by atoms with Crippen LogP contribution in [0.15, 0.2) is 12.1 Å². The van der Waals surface area contributed by atoms with Crippen molar-refractivity contribution in [3.05, 3.63) is 29.6 Å². The molecule has 4 saturated carbocycles. The lowest BCUT2D eigenvalue weighted by Gasteiger charge is -2.63. The summed E-state index contributed by atoms with van der Waals surface area (Å²) in [6, 6.07) is 1.80. The van der Waals surface area contributed by atoms with Gasteiger partial charge in [-0.25, -0.2) is 13.2 Å². The van der Waals surface area contributed by atoms with Crippen LogP contribution in [0.4, 0.5) is 18.9 Å². The molecule has 4 aliphatic carbocycles. The number of nitrogens with one attached hydrogen (secondary N) is 1. The van der Waals surface area contributed by atoms with Crippen LogP contribution in [-0.4, -0.2) is 39.5 Å². The van der Waals surface area contributed by atoms with Gasteiger partial charge >= 0.3 is 0 Å². The zero-order valence-corrected chi connectivity index (χ0v) is 22.6. The summed E-state index contributed by atoms with van der Waals surface area (Å²) in [5.74, 6) is -3.72. The van der Waals surface area contributed by atoms with Crippen molar-refractivity contribution in [2.45, 2.75) is 96.9 Å². The highest BCUT2D eigenvalue weighted by Gasteiger charge is 2.65. The maximum Gasteiger partial charge on any atom is 0.224 e. The number of hydrogen-bond donors (Lipinski definition) is 4. The van der Waals surface area contributed by atoms with E-state index in [-0.39, 0.29) is 64.5 Å². The minimum absolute atomic E-state index is 0.0162. The van der Waals surface area contributed by atoms with Crippen molar-refractivity contribution < 1.29 is 33.3 Å². The predicted molar refractivity (Wildman–Crippen MR) is 137 cm³/mol. The second-order valence-electron chi connectivity index (χ2n) is 13.3. The molecule has 5 rings (SSSR count). The van der Waals surface area contributed by atoms with Crippen molar-refractivity contribution >= 4 is 11.6 Å². The molecule has 0 aliphatic heterocycles. The number of aliphatic hydroxyl groups is 3. The summed E-state index contributed by atoms with van der Waals surface area (Å²) in [7, 11) is 0. The van der Waals surface area contributed by atoms with E-state index in [1.54, 1.807) is 0 Å². The molecule has 1 aromatic rings. The summed E-state index contributed by atoms with van der Waals surface area (Å²) in [6.45, 7) is 6.56. The first kappa shape index (κ1) is 27.9. The van der Waals surface area contributed by atoms with Gasteiger partial charge in [-0.3, -0.25) is 4.79 Å². The molecule has 1 aromatic carbocycles. The molecule has 0 spiro atoms. The summed E-state index contributed by atoms with van der Waals surface area (Å²) in [5.41, 5.74) is -0.735. The van der Waals surface area contributed by atoms with Gasteiger partial charge in [0.25, 0.3) is 0 Å². The molecule has 4 N–H and O–H groups in total. The van der Waals surface area contributed by atoms with E-state index in [1.807, 2.05) is 0 Å². The highest BCUT2D eigenvalue weighted by molar-refractivity contribution is 5.90. The van der Waals surface area contributed by atoms with Crippen LogP contribution in [0.1, 0.15) is 78.6 Å². The number of hydrogen-bond acceptors (Lipinski definition) is 4. The summed E-state index contributed by atoms with van der Waals surface area (Å²) in [6.07, 6.45) is 4.99. The van der Waals surface area contributed by atoms with Gasteiger partial charge in [0.05, 0.1) is 24.0 Å². The smallest absolute Gasteiger partial charge is 0.224 e. The Morgan fingerprint density at radius 3 is 2.50 bits per heavy atom. The first-order valence-corrected chi connectivity index (χ1v) is 14.4. The van der Waals surface area contributed by atoms with E-state index >= 15 is 0 Å². The molecule has 1 amide bonds. The number of benzene rings is 1. The molecule has 11 atom stereocenters. The summed E-state index contributed by atoms with van der Waals surface area (Å²) >= 11 is 0.